The van der Waals surface area contributed by atoms with Crippen LogP contribution >= 0.6 is 0 Å². The van der Waals surface area contributed by atoms with Gasteiger partial charge in [0.25, 0.3) is 5.95 Å². The molecule has 0 bridgehead atoms. The van der Waals surface area contributed by atoms with Gasteiger partial charge in [0.2, 0.25) is 5.88 Å². The Balaban J connectivity index is 1.65. The fourth-order valence-electron chi connectivity index (χ4n) is 3.87. The Kier molecular flexibility index (Phi) is 4.29. The van der Waals surface area contributed by atoms with Crippen molar-refractivity contribution in [2.45, 2.75) is 45.6 Å². The van der Waals surface area contributed by atoms with Gasteiger partial charge in [-0.1, -0.05) is 13.8 Å². The largest absolute Gasteiger partial charge is 0.492 e. The third-order valence-electron chi connectivity index (χ3n) is 5.48. The van der Waals surface area contributed by atoms with Crippen LogP contribution in [0.1, 0.15) is 55.9 Å². The molecular formula is C18H22N6O3. The first kappa shape index (κ1) is 17.4. The van der Waals surface area contributed by atoms with Gasteiger partial charge < -0.3 is 10.2 Å². The fourth-order valence-corrected chi connectivity index (χ4v) is 3.87. The standard InChI is InChI=1S/C18H22N6O3/c1-10(2)11-3-5-13(6-4-11)24-15-14(8-20-24)21-18(22-16(15)25)23-9-12(7-19-23)17(26)27/h7-11,13H,3-6H2,1-2H3,(H,26,27)(H,21,22,25)/t11-,13-. The van der Waals surface area contributed by atoms with Crippen LogP contribution in [0.2, 0.25) is 0 Å². The summed E-state index contributed by atoms with van der Waals surface area (Å²) in [5.41, 5.74) is 1.05. The molecule has 1 saturated carbocycles. The van der Waals surface area contributed by atoms with Crippen molar-refractivity contribution in [1.29, 1.82) is 0 Å². The van der Waals surface area contributed by atoms with E-state index in [1.54, 1.807) is 6.20 Å². The molecule has 0 radical (unpaired) electrons. The number of rotatable bonds is 4. The first-order valence-corrected chi connectivity index (χ1v) is 9.16. The van der Waals surface area contributed by atoms with Crippen molar-refractivity contribution in [3.63, 3.8) is 0 Å². The average molecular weight is 370 g/mol. The number of hydrogen-bond acceptors (Lipinski definition) is 6. The summed E-state index contributed by atoms with van der Waals surface area (Å²) in [6.07, 6.45) is 8.45. The van der Waals surface area contributed by atoms with Gasteiger partial charge in [0.1, 0.15) is 11.0 Å². The summed E-state index contributed by atoms with van der Waals surface area (Å²) in [6, 6.07) is 0.223. The number of carboxylic acid groups (broad SMARTS) is 1. The van der Waals surface area contributed by atoms with Gasteiger partial charge in [0, 0.05) is 6.20 Å². The summed E-state index contributed by atoms with van der Waals surface area (Å²) in [7, 11) is 0. The molecule has 9 heteroatoms. The number of fused-ring (bicyclic) bond motifs is 1. The van der Waals surface area contributed by atoms with Crippen LogP contribution in [0, 0.1) is 11.8 Å². The molecular weight excluding hydrogens is 348 g/mol. The summed E-state index contributed by atoms with van der Waals surface area (Å²) < 4.78 is 3.06. The minimum absolute atomic E-state index is 0.0239. The molecule has 0 amide bonds. The molecule has 142 valence electrons. The van der Waals surface area contributed by atoms with Gasteiger partial charge in [-0.05, 0) is 37.5 Å². The monoisotopic (exact) mass is 370 g/mol. The molecule has 2 N–H and O–H groups in total. The maximum atomic E-state index is 11.0. The number of aromatic carboxylic acids is 1. The molecule has 3 heterocycles. The minimum Gasteiger partial charge on any atom is -0.492 e. The second-order valence-electron chi connectivity index (χ2n) is 7.46. The van der Waals surface area contributed by atoms with Crippen molar-refractivity contribution < 1.29 is 15.0 Å². The molecule has 9 nitrogen and oxygen atoms in total. The third kappa shape index (κ3) is 3.13. The highest BCUT2D eigenvalue weighted by atomic mass is 16.4. The molecule has 1 aliphatic rings. The highest BCUT2D eigenvalue weighted by Gasteiger charge is 2.27. The Morgan fingerprint density at radius 1 is 1.15 bits per heavy atom. The van der Waals surface area contributed by atoms with Gasteiger partial charge in [0.15, 0.2) is 0 Å². The lowest BCUT2D eigenvalue weighted by atomic mass is 9.80. The van der Waals surface area contributed by atoms with Gasteiger partial charge in [0.05, 0.1) is 24.0 Å². The molecule has 27 heavy (non-hydrogen) atoms. The van der Waals surface area contributed by atoms with E-state index in [0.29, 0.717) is 17.0 Å². The van der Waals surface area contributed by atoms with E-state index in [2.05, 4.69) is 34.0 Å². The molecule has 0 unspecified atom stereocenters. The number of carbonyl (C=O) groups is 1. The molecule has 0 aliphatic heterocycles. The third-order valence-corrected chi connectivity index (χ3v) is 5.48. The molecule has 3 aromatic rings. The van der Waals surface area contributed by atoms with Gasteiger partial charge in [-0.25, -0.2) is 14.5 Å². The van der Waals surface area contributed by atoms with Crippen molar-refractivity contribution in [3.8, 4) is 11.8 Å². The van der Waals surface area contributed by atoms with Crippen LogP contribution in [0.25, 0.3) is 17.0 Å². The van der Waals surface area contributed by atoms with E-state index in [1.165, 1.54) is 17.1 Å². The molecule has 0 saturated heterocycles. The van der Waals surface area contributed by atoms with E-state index < -0.39 is 5.97 Å². The minimum atomic E-state index is -1.09. The zero-order chi connectivity index (χ0) is 19.1. The highest BCUT2D eigenvalue weighted by Crippen LogP contribution is 2.37. The number of aromatic hydroxyl groups is 1. The van der Waals surface area contributed by atoms with Gasteiger partial charge in [-0.15, -0.1) is 0 Å². The van der Waals surface area contributed by atoms with E-state index in [9.17, 15) is 9.90 Å². The van der Waals surface area contributed by atoms with Gasteiger partial charge in [-0.3, -0.25) is 4.68 Å². The SMILES string of the molecule is CC(C)[C@H]1CC[C@H](n2ncc3nc(-n4cc(C(=O)O)cn4)nc(O)c32)CC1. The van der Waals surface area contributed by atoms with Crippen LogP contribution < -0.4 is 0 Å². The molecule has 1 aliphatic carbocycles. The predicted octanol–water partition coefficient (Wildman–Crippen LogP) is 2.80. The number of carboxylic acids is 1. The van der Waals surface area contributed by atoms with Crippen LogP contribution in [-0.4, -0.2) is 45.7 Å². The highest BCUT2D eigenvalue weighted by molar-refractivity contribution is 5.87. The van der Waals surface area contributed by atoms with Crippen molar-refractivity contribution in [2.24, 2.45) is 11.8 Å². The van der Waals surface area contributed by atoms with Crippen molar-refractivity contribution in [3.05, 3.63) is 24.2 Å². The smallest absolute Gasteiger partial charge is 0.338 e. The second kappa shape index (κ2) is 6.64. The summed E-state index contributed by atoms with van der Waals surface area (Å²) >= 11 is 0. The van der Waals surface area contributed by atoms with E-state index in [4.69, 9.17) is 5.11 Å². The zero-order valence-electron chi connectivity index (χ0n) is 15.3. The summed E-state index contributed by atoms with van der Waals surface area (Å²) in [4.78, 5) is 19.5. The van der Waals surface area contributed by atoms with E-state index >= 15 is 0 Å². The maximum Gasteiger partial charge on any atom is 0.338 e. The van der Waals surface area contributed by atoms with Crippen LogP contribution in [0.5, 0.6) is 5.88 Å². The molecule has 4 rings (SSSR count). The van der Waals surface area contributed by atoms with Crippen LogP contribution in [0.3, 0.4) is 0 Å². The number of aromatic nitrogens is 6. The molecule has 0 aromatic carbocycles. The van der Waals surface area contributed by atoms with Crippen molar-refractivity contribution in [1.82, 2.24) is 29.5 Å². The molecule has 0 spiro atoms. The summed E-state index contributed by atoms with van der Waals surface area (Å²) in [5, 5.41) is 27.9. The van der Waals surface area contributed by atoms with Crippen LogP contribution in [-0.2, 0) is 0 Å². The number of nitrogens with zero attached hydrogens (tertiary/aromatic N) is 6. The van der Waals surface area contributed by atoms with Crippen molar-refractivity contribution >= 4 is 17.0 Å². The Hall–Kier alpha value is -2.97. The van der Waals surface area contributed by atoms with Gasteiger partial charge >= 0.3 is 5.97 Å². The first-order valence-electron chi connectivity index (χ1n) is 9.16. The molecule has 1 fully saturated rings. The van der Waals surface area contributed by atoms with Crippen molar-refractivity contribution in [2.75, 3.05) is 0 Å². The lowest BCUT2D eigenvalue weighted by molar-refractivity contribution is 0.0697. The fraction of sp³-hybridized carbons (Fsp3) is 0.500. The second-order valence-corrected chi connectivity index (χ2v) is 7.46. The predicted molar refractivity (Wildman–Crippen MR) is 96.9 cm³/mol. The molecule has 3 aromatic heterocycles. The average Bonchev–Trinajstić information content (AvgIpc) is 3.29. The lowest BCUT2D eigenvalue weighted by Crippen LogP contribution is -2.21. The van der Waals surface area contributed by atoms with Crippen LogP contribution in [0.15, 0.2) is 18.6 Å². The quantitative estimate of drug-likeness (QED) is 0.724. The van der Waals surface area contributed by atoms with E-state index in [0.717, 1.165) is 31.6 Å². The normalized spacial score (nSPS) is 20.4. The lowest BCUT2D eigenvalue weighted by Gasteiger charge is -2.31. The summed E-state index contributed by atoms with van der Waals surface area (Å²) in [5.74, 6) is 0.268. The van der Waals surface area contributed by atoms with E-state index in [-0.39, 0.29) is 23.4 Å². The Bertz CT molecular complexity index is 984. The zero-order valence-corrected chi connectivity index (χ0v) is 15.3. The Morgan fingerprint density at radius 2 is 1.89 bits per heavy atom. The first-order chi connectivity index (χ1) is 12.9. The van der Waals surface area contributed by atoms with E-state index in [1.807, 2.05) is 4.68 Å². The van der Waals surface area contributed by atoms with Gasteiger partial charge in [-0.2, -0.15) is 15.2 Å². The number of hydrogen-bond donors (Lipinski definition) is 2. The summed E-state index contributed by atoms with van der Waals surface area (Å²) in [6.45, 7) is 4.53. The Morgan fingerprint density at radius 3 is 2.52 bits per heavy atom. The topological polar surface area (TPSA) is 119 Å². The Labute approximate surface area is 155 Å². The van der Waals surface area contributed by atoms with Crippen LogP contribution in [0.4, 0.5) is 0 Å². The maximum absolute atomic E-state index is 11.0. The molecule has 0 atom stereocenters.